The highest BCUT2D eigenvalue weighted by atomic mass is 16.2. The second-order valence-electron chi connectivity index (χ2n) is 7.00. The Kier molecular flexibility index (Phi) is 5.90. The Hall–Kier alpha value is -3.40. The number of hydrogen-bond acceptors (Lipinski definition) is 2. The van der Waals surface area contributed by atoms with Gasteiger partial charge in [-0.2, -0.15) is 0 Å². The lowest BCUT2D eigenvalue weighted by molar-refractivity contribution is 0.0785. The SMILES string of the molecule is Cc1ccc(C)c(NC(=O)c2cccc(C(=O)N(C)Cc3ccccc3)c2)c1. The third-order valence-corrected chi connectivity index (χ3v) is 4.62. The van der Waals surface area contributed by atoms with Crippen molar-refractivity contribution in [3.8, 4) is 0 Å². The molecule has 0 saturated carbocycles. The zero-order valence-electron chi connectivity index (χ0n) is 16.4. The van der Waals surface area contributed by atoms with Crippen LogP contribution in [0.4, 0.5) is 5.69 Å². The number of nitrogens with one attached hydrogen (secondary N) is 1. The second kappa shape index (κ2) is 8.53. The van der Waals surface area contributed by atoms with E-state index in [1.165, 1.54) is 0 Å². The van der Waals surface area contributed by atoms with E-state index in [0.29, 0.717) is 17.7 Å². The highest BCUT2D eigenvalue weighted by Gasteiger charge is 2.15. The lowest BCUT2D eigenvalue weighted by Crippen LogP contribution is -2.26. The summed E-state index contributed by atoms with van der Waals surface area (Å²) in [5.74, 6) is -0.348. The van der Waals surface area contributed by atoms with Crippen molar-refractivity contribution in [2.75, 3.05) is 12.4 Å². The molecule has 4 heteroatoms. The molecule has 142 valence electrons. The number of rotatable bonds is 5. The molecule has 0 aliphatic rings. The Balaban J connectivity index is 1.74. The first kappa shape index (κ1) is 19.4. The van der Waals surface area contributed by atoms with Gasteiger partial charge >= 0.3 is 0 Å². The topological polar surface area (TPSA) is 49.4 Å². The first-order chi connectivity index (χ1) is 13.4. The summed E-state index contributed by atoms with van der Waals surface area (Å²) in [6.07, 6.45) is 0. The van der Waals surface area contributed by atoms with Crippen LogP contribution in [0.25, 0.3) is 0 Å². The fraction of sp³-hybridized carbons (Fsp3) is 0.167. The number of carbonyl (C=O) groups is 2. The molecule has 1 N–H and O–H groups in total. The Morgan fingerprint density at radius 2 is 1.57 bits per heavy atom. The van der Waals surface area contributed by atoms with Crippen LogP contribution < -0.4 is 5.32 Å². The summed E-state index contributed by atoms with van der Waals surface area (Å²) in [6, 6.07) is 22.6. The molecule has 0 aliphatic carbocycles. The minimum absolute atomic E-state index is 0.120. The van der Waals surface area contributed by atoms with Gasteiger partial charge in [0.15, 0.2) is 0 Å². The molecule has 0 atom stereocenters. The van der Waals surface area contributed by atoms with Crippen molar-refractivity contribution in [2.45, 2.75) is 20.4 Å². The molecule has 3 rings (SSSR count). The molecular formula is C24H24N2O2. The first-order valence-corrected chi connectivity index (χ1v) is 9.22. The molecular weight excluding hydrogens is 348 g/mol. The monoisotopic (exact) mass is 372 g/mol. The summed E-state index contributed by atoms with van der Waals surface area (Å²) in [4.78, 5) is 27.1. The Bertz CT molecular complexity index is 996. The fourth-order valence-corrected chi connectivity index (χ4v) is 3.01. The lowest BCUT2D eigenvalue weighted by Gasteiger charge is -2.18. The van der Waals surface area contributed by atoms with Gasteiger partial charge in [-0.1, -0.05) is 48.5 Å². The van der Waals surface area contributed by atoms with Gasteiger partial charge in [0.05, 0.1) is 0 Å². The van der Waals surface area contributed by atoms with Gasteiger partial charge < -0.3 is 10.2 Å². The van der Waals surface area contributed by atoms with E-state index in [4.69, 9.17) is 0 Å². The van der Waals surface area contributed by atoms with Crippen LogP contribution in [0.15, 0.2) is 72.8 Å². The highest BCUT2D eigenvalue weighted by molar-refractivity contribution is 6.06. The predicted octanol–water partition coefficient (Wildman–Crippen LogP) is 4.83. The van der Waals surface area contributed by atoms with Gasteiger partial charge in [-0.15, -0.1) is 0 Å². The molecule has 4 nitrogen and oxygen atoms in total. The number of nitrogens with zero attached hydrogens (tertiary/aromatic N) is 1. The van der Waals surface area contributed by atoms with Gasteiger partial charge in [0.25, 0.3) is 11.8 Å². The molecule has 0 fully saturated rings. The summed E-state index contributed by atoms with van der Waals surface area (Å²) in [5, 5.41) is 2.94. The van der Waals surface area contributed by atoms with E-state index in [-0.39, 0.29) is 11.8 Å². The van der Waals surface area contributed by atoms with Crippen molar-refractivity contribution in [3.05, 3.63) is 101 Å². The van der Waals surface area contributed by atoms with Crippen LogP contribution in [0.5, 0.6) is 0 Å². The number of amides is 2. The lowest BCUT2D eigenvalue weighted by atomic mass is 10.1. The molecule has 3 aromatic rings. The van der Waals surface area contributed by atoms with Gasteiger partial charge in [0.1, 0.15) is 0 Å². The zero-order chi connectivity index (χ0) is 20.1. The van der Waals surface area contributed by atoms with E-state index in [1.807, 2.05) is 62.4 Å². The standard InChI is InChI=1S/C24H24N2O2/c1-17-12-13-18(2)22(14-17)25-23(27)20-10-7-11-21(15-20)24(28)26(3)16-19-8-5-4-6-9-19/h4-15H,16H2,1-3H3,(H,25,27). The van der Waals surface area contributed by atoms with Crippen molar-refractivity contribution in [3.63, 3.8) is 0 Å². The Labute approximate surface area is 165 Å². The number of benzene rings is 3. The van der Waals surface area contributed by atoms with E-state index in [9.17, 15) is 9.59 Å². The molecule has 0 bridgehead atoms. The quantitative estimate of drug-likeness (QED) is 0.697. The Morgan fingerprint density at radius 1 is 0.857 bits per heavy atom. The van der Waals surface area contributed by atoms with E-state index >= 15 is 0 Å². The van der Waals surface area contributed by atoms with Gasteiger partial charge in [-0.25, -0.2) is 0 Å². The molecule has 28 heavy (non-hydrogen) atoms. The average molecular weight is 372 g/mol. The van der Waals surface area contributed by atoms with Crippen LogP contribution in [0.2, 0.25) is 0 Å². The summed E-state index contributed by atoms with van der Waals surface area (Å²) >= 11 is 0. The highest BCUT2D eigenvalue weighted by Crippen LogP contribution is 2.18. The van der Waals surface area contributed by atoms with Crippen LogP contribution in [0, 0.1) is 13.8 Å². The third kappa shape index (κ3) is 4.65. The number of carbonyl (C=O) groups excluding carboxylic acids is 2. The van der Waals surface area contributed by atoms with E-state index < -0.39 is 0 Å². The molecule has 0 aliphatic heterocycles. The first-order valence-electron chi connectivity index (χ1n) is 9.22. The molecule has 0 aromatic heterocycles. The molecule has 0 saturated heterocycles. The maximum absolute atomic E-state index is 12.8. The van der Waals surface area contributed by atoms with Crippen molar-refractivity contribution in [1.29, 1.82) is 0 Å². The van der Waals surface area contributed by atoms with Crippen molar-refractivity contribution >= 4 is 17.5 Å². The largest absolute Gasteiger partial charge is 0.337 e. The molecule has 0 spiro atoms. The summed E-state index contributed by atoms with van der Waals surface area (Å²) in [5.41, 5.74) is 4.86. The zero-order valence-corrected chi connectivity index (χ0v) is 16.4. The maximum Gasteiger partial charge on any atom is 0.255 e. The fourth-order valence-electron chi connectivity index (χ4n) is 3.01. The van der Waals surface area contributed by atoms with Crippen LogP contribution in [-0.2, 0) is 6.54 Å². The van der Waals surface area contributed by atoms with E-state index in [1.54, 1.807) is 36.2 Å². The average Bonchev–Trinajstić information content (AvgIpc) is 2.71. The Morgan fingerprint density at radius 3 is 2.32 bits per heavy atom. The van der Waals surface area contributed by atoms with Crippen molar-refractivity contribution < 1.29 is 9.59 Å². The predicted molar refractivity (Wildman–Crippen MR) is 113 cm³/mol. The summed E-state index contributed by atoms with van der Waals surface area (Å²) in [6.45, 7) is 4.45. The second-order valence-corrected chi connectivity index (χ2v) is 7.00. The maximum atomic E-state index is 12.8. The minimum atomic E-state index is -0.228. The molecule has 0 radical (unpaired) electrons. The van der Waals surface area contributed by atoms with Crippen molar-refractivity contribution in [2.24, 2.45) is 0 Å². The third-order valence-electron chi connectivity index (χ3n) is 4.62. The van der Waals surface area contributed by atoms with Gasteiger partial charge in [0, 0.05) is 30.4 Å². The van der Waals surface area contributed by atoms with Crippen LogP contribution >= 0.6 is 0 Å². The van der Waals surface area contributed by atoms with Crippen molar-refractivity contribution in [1.82, 2.24) is 4.90 Å². The molecule has 0 heterocycles. The van der Waals surface area contributed by atoms with E-state index in [0.717, 1.165) is 22.4 Å². The normalized spacial score (nSPS) is 10.4. The number of aryl methyl sites for hydroxylation is 2. The van der Waals surface area contributed by atoms with Gasteiger partial charge in [-0.05, 0) is 54.8 Å². The summed E-state index contributed by atoms with van der Waals surface area (Å²) < 4.78 is 0. The number of anilines is 1. The van der Waals surface area contributed by atoms with E-state index in [2.05, 4.69) is 5.32 Å². The molecule has 2 amide bonds. The molecule has 3 aromatic carbocycles. The number of hydrogen-bond donors (Lipinski definition) is 1. The van der Waals surface area contributed by atoms with Gasteiger partial charge in [-0.3, -0.25) is 9.59 Å². The molecule has 0 unspecified atom stereocenters. The summed E-state index contributed by atoms with van der Waals surface area (Å²) in [7, 11) is 1.76. The van der Waals surface area contributed by atoms with Gasteiger partial charge in [0.2, 0.25) is 0 Å². The smallest absolute Gasteiger partial charge is 0.255 e. The van der Waals surface area contributed by atoms with Crippen LogP contribution in [0.1, 0.15) is 37.4 Å². The minimum Gasteiger partial charge on any atom is -0.337 e. The van der Waals surface area contributed by atoms with Crippen LogP contribution in [-0.4, -0.2) is 23.8 Å². The van der Waals surface area contributed by atoms with Crippen LogP contribution in [0.3, 0.4) is 0 Å².